The second-order valence-electron chi connectivity index (χ2n) is 5.61. The van der Waals surface area contributed by atoms with Crippen molar-refractivity contribution in [2.75, 3.05) is 13.2 Å². The van der Waals surface area contributed by atoms with Crippen molar-refractivity contribution in [1.29, 1.82) is 0 Å². The fraction of sp³-hybridized carbons (Fsp3) is 0.286. The molecule has 2 aromatic rings. The molecule has 4 nitrogen and oxygen atoms in total. The maximum Gasteiger partial charge on any atom is 0.185 e. The molecule has 0 aromatic heterocycles. The summed E-state index contributed by atoms with van der Waals surface area (Å²) in [4.78, 5) is 12.3. The van der Waals surface area contributed by atoms with E-state index in [0.29, 0.717) is 30.3 Å². The molecule has 0 spiro atoms. The summed E-state index contributed by atoms with van der Waals surface area (Å²) in [6.45, 7) is 5.29. The molecule has 1 N–H and O–H groups in total. The van der Waals surface area contributed by atoms with Crippen LogP contribution in [0.5, 0.6) is 17.2 Å². The summed E-state index contributed by atoms with van der Waals surface area (Å²) in [5.74, 6) is 1.39. The third-order valence-corrected chi connectivity index (χ3v) is 3.50. The van der Waals surface area contributed by atoms with Crippen LogP contribution >= 0.6 is 0 Å². The fourth-order valence-electron chi connectivity index (χ4n) is 2.24. The second kappa shape index (κ2) is 9.52. The molecule has 0 heterocycles. The first-order valence-corrected chi connectivity index (χ1v) is 8.55. The van der Waals surface area contributed by atoms with E-state index in [4.69, 9.17) is 9.47 Å². The summed E-state index contributed by atoms with van der Waals surface area (Å²) in [5, 5.41) is 9.32. The minimum atomic E-state index is -0.147. The molecule has 0 saturated carbocycles. The van der Waals surface area contributed by atoms with Gasteiger partial charge in [-0.2, -0.15) is 0 Å². The van der Waals surface area contributed by atoms with Gasteiger partial charge in [0.25, 0.3) is 0 Å². The molecule has 4 heteroatoms. The quantitative estimate of drug-likeness (QED) is 0.523. The highest BCUT2D eigenvalue weighted by Crippen LogP contribution is 2.30. The number of benzene rings is 2. The SMILES string of the molecule is CCCOc1cccc(OCCC)c1C=CC(=O)c1ccc(O)cc1. The van der Waals surface area contributed by atoms with Gasteiger partial charge in [0, 0.05) is 5.56 Å². The Morgan fingerprint density at radius 1 is 0.960 bits per heavy atom. The summed E-state index contributed by atoms with van der Waals surface area (Å²) in [5.41, 5.74) is 1.27. The van der Waals surface area contributed by atoms with Gasteiger partial charge in [0.2, 0.25) is 0 Å². The number of carbonyl (C=O) groups is 1. The van der Waals surface area contributed by atoms with Gasteiger partial charge >= 0.3 is 0 Å². The molecule has 0 unspecified atom stereocenters. The number of carbonyl (C=O) groups excluding carboxylic acids is 1. The Morgan fingerprint density at radius 2 is 1.52 bits per heavy atom. The van der Waals surface area contributed by atoms with Crippen molar-refractivity contribution >= 4 is 11.9 Å². The Bertz CT molecular complexity index is 691. The van der Waals surface area contributed by atoms with Gasteiger partial charge in [0.05, 0.1) is 18.8 Å². The standard InChI is InChI=1S/C21H24O4/c1-3-14-24-20-6-5-7-21(25-15-4-2)18(20)12-13-19(23)16-8-10-17(22)11-9-16/h5-13,22H,3-4,14-15H2,1-2H3. The van der Waals surface area contributed by atoms with Gasteiger partial charge in [-0.3, -0.25) is 4.79 Å². The van der Waals surface area contributed by atoms with E-state index in [0.717, 1.165) is 18.4 Å². The lowest BCUT2D eigenvalue weighted by atomic mass is 10.1. The summed E-state index contributed by atoms with van der Waals surface area (Å²) < 4.78 is 11.6. The number of phenolic OH excluding ortho intramolecular Hbond substituents is 1. The normalized spacial score (nSPS) is 10.8. The summed E-state index contributed by atoms with van der Waals surface area (Å²) in [7, 11) is 0. The lowest BCUT2D eigenvalue weighted by molar-refractivity contribution is 0.104. The first-order valence-electron chi connectivity index (χ1n) is 8.55. The van der Waals surface area contributed by atoms with E-state index in [2.05, 4.69) is 0 Å². The Balaban J connectivity index is 2.27. The predicted octanol–water partition coefficient (Wildman–Crippen LogP) is 4.87. The van der Waals surface area contributed by atoms with E-state index >= 15 is 0 Å². The predicted molar refractivity (Wildman–Crippen MR) is 99.5 cm³/mol. The number of rotatable bonds is 9. The molecule has 0 aliphatic heterocycles. The van der Waals surface area contributed by atoms with Gasteiger partial charge < -0.3 is 14.6 Å². The number of allylic oxidation sites excluding steroid dienone is 1. The molecule has 0 atom stereocenters. The maximum atomic E-state index is 12.3. The van der Waals surface area contributed by atoms with Crippen molar-refractivity contribution in [2.24, 2.45) is 0 Å². The van der Waals surface area contributed by atoms with Crippen LogP contribution in [0.1, 0.15) is 42.6 Å². The largest absolute Gasteiger partial charge is 0.508 e. The highest BCUT2D eigenvalue weighted by Gasteiger charge is 2.09. The first-order chi connectivity index (χ1) is 12.2. The van der Waals surface area contributed by atoms with Crippen molar-refractivity contribution in [2.45, 2.75) is 26.7 Å². The molecule has 0 saturated heterocycles. The molecular weight excluding hydrogens is 316 g/mol. The Hall–Kier alpha value is -2.75. The van der Waals surface area contributed by atoms with E-state index in [9.17, 15) is 9.90 Å². The molecule has 0 bridgehead atoms. The molecule has 0 aliphatic carbocycles. The Labute approximate surface area is 148 Å². The van der Waals surface area contributed by atoms with Crippen LogP contribution in [-0.4, -0.2) is 24.1 Å². The average Bonchev–Trinajstić information content (AvgIpc) is 2.63. The molecule has 2 rings (SSSR count). The highest BCUT2D eigenvalue weighted by atomic mass is 16.5. The zero-order valence-corrected chi connectivity index (χ0v) is 14.7. The topological polar surface area (TPSA) is 55.8 Å². The molecule has 132 valence electrons. The number of ether oxygens (including phenoxy) is 2. The summed E-state index contributed by atoms with van der Waals surface area (Å²) in [6.07, 6.45) is 5.02. The van der Waals surface area contributed by atoms with Gasteiger partial charge in [-0.05, 0) is 61.4 Å². The van der Waals surface area contributed by atoms with Crippen molar-refractivity contribution in [3.63, 3.8) is 0 Å². The Kier molecular flexibility index (Phi) is 7.08. The fourth-order valence-corrected chi connectivity index (χ4v) is 2.24. The summed E-state index contributed by atoms with van der Waals surface area (Å²) in [6, 6.07) is 11.8. The molecular formula is C21H24O4. The monoisotopic (exact) mass is 340 g/mol. The van der Waals surface area contributed by atoms with Crippen molar-refractivity contribution < 1.29 is 19.4 Å². The first kappa shape index (κ1) is 18.6. The number of phenols is 1. The van der Waals surface area contributed by atoms with Gasteiger partial charge in [-0.25, -0.2) is 0 Å². The van der Waals surface area contributed by atoms with E-state index in [1.54, 1.807) is 18.2 Å². The van der Waals surface area contributed by atoms with Gasteiger partial charge in [0.1, 0.15) is 17.2 Å². The van der Waals surface area contributed by atoms with Crippen LogP contribution in [0.4, 0.5) is 0 Å². The second-order valence-corrected chi connectivity index (χ2v) is 5.61. The van der Waals surface area contributed by atoms with E-state index in [1.807, 2.05) is 32.0 Å². The van der Waals surface area contributed by atoms with Crippen LogP contribution in [0.25, 0.3) is 6.08 Å². The molecule has 0 fully saturated rings. The minimum absolute atomic E-state index is 0.133. The molecule has 0 amide bonds. The summed E-state index contributed by atoms with van der Waals surface area (Å²) >= 11 is 0. The third-order valence-electron chi connectivity index (χ3n) is 3.50. The van der Waals surface area contributed by atoms with Crippen LogP contribution in [-0.2, 0) is 0 Å². The average molecular weight is 340 g/mol. The zero-order chi connectivity index (χ0) is 18.1. The molecule has 25 heavy (non-hydrogen) atoms. The van der Waals surface area contributed by atoms with Crippen molar-refractivity contribution in [3.05, 3.63) is 59.7 Å². The van der Waals surface area contributed by atoms with Crippen LogP contribution < -0.4 is 9.47 Å². The minimum Gasteiger partial charge on any atom is -0.508 e. The van der Waals surface area contributed by atoms with E-state index in [1.165, 1.54) is 18.2 Å². The van der Waals surface area contributed by atoms with Crippen molar-refractivity contribution in [1.82, 2.24) is 0 Å². The number of hydrogen-bond acceptors (Lipinski definition) is 4. The zero-order valence-electron chi connectivity index (χ0n) is 14.7. The molecule has 0 aliphatic rings. The van der Waals surface area contributed by atoms with Gasteiger partial charge in [0.15, 0.2) is 5.78 Å². The van der Waals surface area contributed by atoms with Crippen molar-refractivity contribution in [3.8, 4) is 17.2 Å². The number of hydrogen-bond donors (Lipinski definition) is 1. The lowest BCUT2D eigenvalue weighted by Gasteiger charge is -2.13. The van der Waals surface area contributed by atoms with E-state index in [-0.39, 0.29) is 11.5 Å². The third kappa shape index (κ3) is 5.38. The smallest absolute Gasteiger partial charge is 0.185 e. The van der Waals surface area contributed by atoms with Gasteiger partial charge in [-0.15, -0.1) is 0 Å². The van der Waals surface area contributed by atoms with Crippen LogP contribution in [0, 0.1) is 0 Å². The number of aromatic hydroxyl groups is 1. The Morgan fingerprint density at radius 3 is 2.04 bits per heavy atom. The number of ketones is 1. The van der Waals surface area contributed by atoms with Gasteiger partial charge in [-0.1, -0.05) is 19.9 Å². The maximum absolute atomic E-state index is 12.3. The molecule has 2 aromatic carbocycles. The van der Waals surface area contributed by atoms with Crippen LogP contribution in [0.2, 0.25) is 0 Å². The van der Waals surface area contributed by atoms with E-state index < -0.39 is 0 Å². The highest BCUT2D eigenvalue weighted by molar-refractivity contribution is 6.07. The van der Waals surface area contributed by atoms with Crippen LogP contribution in [0.15, 0.2) is 48.5 Å². The lowest BCUT2D eigenvalue weighted by Crippen LogP contribution is -2.01. The van der Waals surface area contributed by atoms with Crippen LogP contribution in [0.3, 0.4) is 0 Å². The molecule has 0 radical (unpaired) electrons.